The first-order valence-corrected chi connectivity index (χ1v) is 5.15. The van der Waals surface area contributed by atoms with Crippen LogP contribution in [0.2, 0.25) is 0 Å². The van der Waals surface area contributed by atoms with Crippen molar-refractivity contribution < 1.29 is 4.52 Å². The van der Waals surface area contributed by atoms with Crippen LogP contribution in [0, 0.1) is 6.92 Å². The second kappa shape index (κ2) is 4.19. The van der Waals surface area contributed by atoms with E-state index in [0.29, 0.717) is 11.8 Å². The Labute approximate surface area is 85.2 Å². The van der Waals surface area contributed by atoms with Gasteiger partial charge in [-0.3, -0.25) is 0 Å². The van der Waals surface area contributed by atoms with E-state index in [1.165, 1.54) is 0 Å². The highest BCUT2D eigenvalue weighted by atomic mass is 32.1. The molecule has 0 unspecified atom stereocenters. The predicted octanol–water partition coefficient (Wildman–Crippen LogP) is 1.49. The molecule has 2 aromatic heterocycles. The largest absolute Gasteiger partial charge is 0.337 e. The Morgan fingerprint density at radius 2 is 2.50 bits per heavy atom. The highest BCUT2D eigenvalue weighted by molar-refractivity contribution is 7.09. The highest BCUT2D eigenvalue weighted by Crippen LogP contribution is 2.06. The van der Waals surface area contributed by atoms with Crippen LogP contribution in [-0.2, 0) is 6.42 Å². The molecule has 1 N–H and O–H groups in total. The fourth-order valence-corrected chi connectivity index (χ4v) is 1.64. The molecule has 14 heavy (non-hydrogen) atoms. The number of aryl methyl sites for hydroxylation is 1. The molecule has 0 spiro atoms. The molecule has 0 atom stereocenters. The van der Waals surface area contributed by atoms with Gasteiger partial charge in [-0.25, -0.2) is 4.98 Å². The zero-order valence-electron chi connectivity index (χ0n) is 7.73. The maximum absolute atomic E-state index is 4.89. The van der Waals surface area contributed by atoms with Gasteiger partial charge in [0.2, 0.25) is 0 Å². The Bertz CT molecular complexity index is 384. The molecule has 6 heteroatoms. The molecular formula is C8H10N4OS. The van der Waals surface area contributed by atoms with Crippen molar-refractivity contribution in [1.29, 1.82) is 0 Å². The minimum absolute atomic E-state index is 0.471. The molecule has 0 bridgehead atoms. The molecule has 0 saturated heterocycles. The van der Waals surface area contributed by atoms with Gasteiger partial charge in [0, 0.05) is 24.5 Å². The molecule has 0 amide bonds. The fraction of sp³-hybridized carbons (Fsp3) is 0.375. The van der Waals surface area contributed by atoms with Gasteiger partial charge in [0.15, 0.2) is 5.82 Å². The van der Waals surface area contributed by atoms with Gasteiger partial charge in [0.05, 0.1) is 5.01 Å². The summed E-state index contributed by atoms with van der Waals surface area (Å²) in [6, 6.07) is 0.471. The first-order valence-electron chi connectivity index (χ1n) is 4.27. The fourth-order valence-electron chi connectivity index (χ4n) is 1.02. The number of hydrogen-bond acceptors (Lipinski definition) is 6. The van der Waals surface area contributed by atoms with Crippen molar-refractivity contribution in [3.05, 3.63) is 22.4 Å². The summed E-state index contributed by atoms with van der Waals surface area (Å²) >= 11 is 1.65. The van der Waals surface area contributed by atoms with Crippen LogP contribution in [0.1, 0.15) is 10.8 Å². The first-order chi connectivity index (χ1) is 6.84. The van der Waals surface area contributed by atoms with Crippen LogP contribution in [0.4, 0.5) is 6.01 Å². The lowest BCUT2D eigenvalue weighted by Gasteiger charge is -1.96. The van der Waals surface area contributed by atoms with Gasteiger partial charge in [-0.1, -0.05) is 5.16 Å². The molecule has 0 saturated carbocycles. The molecular weight excluding hydrogens is 200 g/mol. The number of anilines is 1. The van der Waals surface area contributed by atoms with Crippen LogP contribution in [0.25, 0.3) is 0 Å². The number of nitrogens with one attached hydrogen (secondary N) is 1. The maximum Gasteiger partial charge on any atom is 0.321 e. The second-order valence-electron chi connectivity index (χ2n) is 2.75. The molecule has 2 rings (SSSR count). The molecule has 0 aliphatic heterocycles. The van der Waals surface area contributed by atoms with Crippen LogP contribution >= 0.6 is 11.3 Å². The molecule has 0 aromatic carbocycles. The molecule has 5 nitrogen and oxygen atoms in total. The van der Waals surface area contributed by atoms with Crippen LogP contribution in [0.3, 0.4) is 0 Å². The summed E-state index contributed by atoms with van der Waals surface area (Å²) < 4.78 is 4.89. The van der Waals surface area contributed by atoms with Gasteiger partial charge in [0.25, 0.3) is 0 Å². The smallest absolute Gasteiger partial charge is 0.321 e. The van der Waals surface area contributed by atoms with Crippen molar-refractivity contribution in [2.45, 2.75) is 13.3 Å². The zero-order chi connectivity index (χ0) is 9.80. The summed E-state index contributed by atoms with van der Waals surface area (Å²) in [5.41, 5.74) is 0. The van der Waals surface area contributed by atoms with Crippen molar-refractivity contribution in [2.24, 2.45) is 0 Å². The summed E-state index contributed by atoms with van der Waals surface area (Å²) in [5.74, 6) is 0.641. The normalized spacial score (nSPS) is 10.4. The van der Waals surface area contributed by atoms with E-state index in [4.69, 9.17) is 4.52 Å². The van der Waals surface area contributed by atoms with Crippen molar-refractivity contribution in [3.63, 3.8) is 0 Å². The van der Waals surface area contributed by atoms with Gasteiger partial charge in [-0.05, 0) is 6.92 Å². The van der Waals surface area contributed by atoms with Crippen LogP contribution in [-0.4, -0.2) is 21.7 Å². The van der Waals surface area contributed by atoms with E-state index in [1.54, 1.807) is 24.5 Å². The Hall–Kier alpha value is -1.43. The van der Waals surface area contributed by atoms with Crippen molar-refractivity contribution >= 4 is 17.4 Å². The average Bonchev–Trinajstić information content (AvgIpc) is 2.77. The lowest BCUT2D eigenvalue weighted by atomic mass is 10.4. The Balaban J connectivity index is 1.78. The highest BCUT2D eigenvalue weighted by Gasteiger charge is 2.01. The minimum Gasteiger partial charge on any atom is -0.337 e. The molecule has 74 valence electrons. The van der Waals surface area contributed by atoms with Crippen LogP contribution in [0.5, 0.6) is 0 Å². The second-order valence-corrected chi connectivity index (χ2v) is 3.73. The summed E-state index contributed by atoms with van der Waals surface area (Å²) in [4.78, 5) is 8.19. The molecule has 0 aliphatic rings. The van der Waals surface area contributed by atoms with E-state index in [2.05, 4.69) is 20.4 Å². The summed E-state index contributed by atoms with van der Waals surface area (Å²) in [6.45, 7) is 2.55. The monoisotopic (exact) mass is 210 g/mol. The van der Waals surface area contributed by atoms with E-state index < -0.39 is 0 Å². The molecule has 2 aromatic rings. The van der Waals surface area contributed by atoms with E-state index >= 15 is 0 Å². The van der Waals surface area contributed by atoms with Crippen molar-refractivity contribution in [2.75, 3.05) is 11.9 Å². The Morgan fingerprint density at radius 1 is 1.57 bits per heavy atom. The summed E-state index contributed by atoms with van der Waals surface area (Å²) in [6.07, 6.45) is 2.68. The number of hydrogen-bond donors (Lipinski definition) is 1. The van der Waals surface area contributed by atoms with Gasteiger partial charge >= 0.3 is 6.01 Å². The lowest BCUT2D eigenvalue weighted by Crippen LogP contribution is -2.04. The van der Waals surface area contributed by atoms with Crippen molar-refractivity contribution in [1.82, 2.24) is 15.1 Å². The molecule has 0 fully saturated rings. The van der Waals surface area contributed by atoms with Crippen LogP contribution in [0.15, 0.2) is 16.1 Å². The minimum atomic E-state index is 0.471. The van der Waals surface area contributed by atoms with Gasteiger partial charge in [-0.15, -0.1) is 11.3 Å². The lowest BCUT2D eigenvalue weighted by molar-refractivity contribution is 0.425. The number of nitrogens with zero attached hydrogens (tertiary/aromatic N) is 3. The number of aromatic nitrogens is 3. The van der Waals surface area contributed by atoms with Gasteiger partial charge in [0.1, 0.15) is 0 Å². The topological polar surface area (TPSA) is 63.8 Å². The summed E-state index contributed by atoms with van der Waals surface area (Å²) in [7, 11) is 0. The SMILES string of the molecule is Cc1noc(NCCc2nccs2)n1. The third-order valence-corrected chi connectivity index (χ3v) is 2.47. The van der Waals surface area contributed by atoms with Gasteiger partial charge < -0.3 is 9.84 Å². The van der Waals surface area contributed by atoms with Gasteiger partial charge in [-0.2, -0.15) is 4.98 Å². The average molecular weight is 210 g/mol. The Kier molecular flexibility index (Phi) is 2.73. The molecule has 0 radical (unpaired) electrons. The standard InChI is InChI=1S/C8H10N4OS/c1-6-11-8(13-12-6)10-3-2-7-9-4-5-14-7/h4-5H,2-3H2,1H3,(H,10,11,12). The first kappa shape index (κ1) is 9.14. The van der Waals surface area contributed by atoms with E-state index in [-0.39, 0.29) is 0 Å². The van der Waals surface area contributed by atoms with E-state index in [1.807, 2.05) is 5.38 Å². The van der Waals surface area contributed by atoms with Crippen LogP contribution < -0.4 is 5.32 Å². The molecule has 0 aliphatic carbocycles. The number of thiazole rings is 1. The number of rotatable bonds is 4. The molecule has 2 heterocycles. The van der Waals surface area contributed by atoms with Crippen molar-refractivity contribution in [3.8, 4) is 0 Å². The van der Waals surface area contributed by atoms with E-state index in [9.17, 15) is 0 Å². The zero-order valence-corrected chi connectivity index (χ0v) is 8.54. The van der Waals surface area contributed by atoms with E-state index in [0.717, 1.165) is 18.0 Å². The predicted molar refractivity (Wildman–Crippen MR) is 53.3 cm³/mol. The third-order valence-electron chi connectivity index (χ3n) is 1.63. The maximum atomic E-state index is 4.89. The Morgan fingerprint density at radius 3 is 3.14 bits per heavy atom. The summed E-state index contributed by atoms with van der Waals surface area (Å²) in [5, 5.41) is 9.77. The quantitative estimate of drug-likeness (QED) is 0.828. The third kappa shape index (κ3) is 2.29.